The number of hydrogen-bond acceptors (Lipinski definition) is 5. The average molecular weight is 357 g/mol. The molecule has 0 atom stereocenters. The molecule has 2 aromatic rings. The minimum absolute atomic E-state index is 0.241. The number of hydrogen-bond donors (Lipinski definition) is 0. The number of benzene rings is 2. The van der Waals surface area contributed by atoms with Crippen molar-refractivity contribution in [1.82, 2.24) is 0 Å². The molecule has 5 nitrogen and oxygen atoms in total. The van der Waals surface area contributed by atoms with Gasteiger partial charge in [-0.25, -0.2) is 4.79 Å². The summed E-state index contributed by atoms with van der Waals surface area (Å²) in [7, 11) is 4.41. The Morgan fingerprint density at radius 1 is 0.870 bits per heavy atom. The van der Waals surface area contributed by atoms with E-state index in [2.05, 4.69) is 0 Å². The van der Waals surface area contributed by atoms with E-state index in [4.69, 9.17) is 42.1 Å². The van der Waals surface area contributed by atoms with Crippen LogP contribution in [0, 0.1) is 0 Å². The normalized spacial score (nSPS) is 10.1. The largest absolute Gasteiger partial charge is 0.493 e. The molecule has 7 heteroatoms. The molecule has 0 N–H and O–H groups in total. The third-order valence-corrected chi connectivity index (χ3v) is 3.74. The molecule has 0 aromatic heterocycles. The van der Waals surface area contributed by atoms with Crippen LogP contribution in [0.1, 0.15) is 10.4 Å². The number of ether oxygens (including phenoxy) is 4. The molecule has 0 unspecified atom stereocenters. The summed E-state index contributed by atoms with van der Waals surface area (Å²) in [5.41, 5.74) is 0.241. The Kier molecular flexibility index (Phi) is 5.58. The summed E-state index contributed by atoms with van der Waals surface area (Å²) in [6.45, 7) is 0. The van der Waals surface area contributed by atoms with Crippen LogP contribution in [0.3, 0.4) is 0 Å². The summed E-state index contributed by atoms with van der Waals surface area (Å²) in [5.74, 6) is 0.780. The average Bonchev–Trinajstić information content (AvgIpc) is 2.56. The van der Waals surface area contributed by atoms with Gasteiger partial charge in [0.2, 0.25) is 5.75 Å². The Morgan fingerprint density at radius 3 is 1.96 bits per heavy atom. The van der Waals surface area contributed by atoms with Gasteiger partial charge in [0.25, 0.3) is 0 Å². The van der Waals surface area contributed by atoms with Crippen molar-refractivity contribution in [3.63, 3.8) is 0 Å². The van der Waals surface area contributed by atoms with E-state index in [0.29, 0.717) is 27.3 Å². The van der Waals surface area contributed by atoms with E-state index >= 15 is 0 Å². The van der Waals surface area contributed by atoms with Crippen LogP contribution in [-0.2, 0) is 0 Å². The highest BCUT2D eigenvalue weighted by Gasteiger charge is 2.18. The number of esters is 1. The zero-order valence-electron chi connectivity index (χ0n) is 12.7. The van der Waals surface area contributed by atoms with Gasteiger partial charge in [0.05, 0.1) is 36.9 Å². The van der Waals surface area contributed by atoms with Gasteiger partial charge in [0.15, 0.2) is 11.5 Å². The molecule has 23 heavy (non-hydrogen) atoms. The zero-order valence-corrected chi connectivity index (χ0v) is 14.2. The Balaban J connectivity index is 2.33. The first-order valence-corrected chi connectivity index (χ1v) is 7.23. The van der Waals surface area contributed by atoms with Crippen LogP contribution in [0.15, 0.2) is 30.3 Å². The maximum atomic E-state index is 12.3. The van der Waals surface area contributed by atoms with Gasteiger partial charge in [-0.2, -0.15) is 0 Å². The molecule has 2 aromatic carbocycles. The second-order valence-corrected chi connectivity index (χ2v) is 5.19. The maximum absolute atomic E-state index is 12.3. The number of carbonyl (C=O) groups excluding carboxylic acids is 1. The molecular weight excluding hydrogens is 343 g/mol. The maximum Gasteiger partial charge on any atom is 0.343 e. The molecule has 0 spiro atoms. The van der Waals surface area contributed by atoms with Crippen LogP contribution in [0.2, 0.25) is 10.0 Å². The standard InChI is InChI=1S/C16H14Cl2O5/c1-20-13-6-9(7-14(21-2)15(13)22-3)16(19)23-10-4-5-11(17)12(18)8-10/h4-8H,1-3H3. The minimum Gasteiger partial charge on any atom is -0.493 e. The fraction of sp³-hybridized carbons (Fsp3) is 0.188. The van der Waals surface area contributed by atoms with Crippen LogP contribution >= 0.6 is 23.2 Å². The van der Waals surface area contributed by atoms with Crippen LogP contribution in [-0.4, -0.2) is 27.3 Å². The van der Waals surface area contributed by atoms with E-state index in [9.17, 15) is 4.79 Å². The minimum atomic E-state index is -0.595. The first-order chi connectivity index (χ1) is 11.0. The SMILES string of the molecule is COc1cc(C(=O)Oc2ccc(Cl)c(Cl)c2)cc(OC)c1OC. The fourth-order valence-corrected chi connectivity index (χ4v) is 2.19. The van der Waals surface area contributed by atoms with Gasteiger partial charge in [-0.1, -0.05) is 23.2 Å². The van der Waals surface area contributed by atoms with E-state index in [0.717, 1.165) is 0 Å². The quantitative estimate of drug-likeness (QED) is 0.592. The molecule has 0 aliphatic carbocycles. The smallest absolute Gasteiger partial charge is 0.343 e. The molecule has 0 saturated heterocycles. The fourth-order valence-electron chi connectivity index (χ4n) is 1.91. The molecule has 0 saturated carbocycles. The Morgan fingerprint density at radius 2 is 1.48 bits per heavy atom. The van der Waals surface area contributed by atoms with Crippen molar-refractivity contribution in [3.8, 4) is 23.0 Å². The summed E-state index contributed by atoms with van der Waals surface area (Å²) in [6, 6.07) is 7.55. The Hall–Kier alpha value is -2.11. The van der Waals surface area contributed by atoms with E-state index in [1.165, 1.54) is 39.5 Å². The second-order valence-electron chi connectivity index (χ2n) is 4.38. The molecule has 0 heterocycles. The molecule has 0 aliphatic heterocycles. The first-order valence-electron chi connectivity index (χ1n) is 6.47. The van der Waals surface area contributed by atoms with Crippen LogP contribution < -0.4 is 18.9 Å². The van der Waals surface area contributed by atoms with Crippen molar-refractivity contribution in [3.05, 3.63) is 45.9 Å². The highest BCUT2D eigenvalue weighted by molar-refractivity contribution is 6.42. The van der Waals surface area contributed by atoms with Crippen LogP contribution in [0.5, 0.6) is 23.0 Å². The van der Waals surface area contributed by atoms with Crippen molar-refractivity contribution in [2.75, 3.05) is 21.3 Å². The molecule has 2 rings (SSSR count). The predicted molar refractivity (Wildman–Crippen MR) is 87.5 cm³/mol. The topological polar surface area (TPSA) is 54.0 Å². The van der Waals surface area contributed by atoms with Gasteiger partial charge in [-0.05, 0) is 24.3 Å². The molecule has 122 valence electrons. The van der Waals surface area contributed by atoms with Gasteiger partial charge in [-0.3, -0.25) is 0 Å². The van der Waals surface area contributed by atoms with E-state index in [1.807, 2.05) is 0 Å². The molecule has 0 fully saturated rings. The Bertz CT molecular complexity index is 705. The highest BCUT2D eigenvalue weighted by atomic mass is 35.5. The number of halogens is 2. The zero-order chi connectivity index (χ0) is 17.0. The lowest BCUT2D eigenvalue weighted by Gasteiger charge is -2.13. The second kappa shape index (κ2) is 7.44. The molecular formula is C16H14Cl2O5. The van der Waals surface area contributed by atoms with Gasteiger partial charge in [0.1, 0.15) is 5.75 Å². The van der Waals surface area contributed by atoms with Gasteiger partial charge in [0, 0.05) is 6.07 Å². The van der Waals surface area contributed by atoms with E-state index in [-0.39, 0.29) is 11.3 Å². The van der Waals surface area contributed by atoms with E-state index < -0.39 is 5.97 Å². The van der Waals surface area contributed by atoms with Crippen molar-refractivity contribution in [1.29, 1.82) is 0 Å². The highest BCUT2D eigenvalue weighted by Crippen LogP contribution is 2.38. The summed E-state index contributed by atoms with van der Waals surface area (Å²) < 4.78 is 20.9. The lowest BCUT2D eigenvalue weighted by Crippen LogP contribution is -2.09. The lowest BCUT2D eigenvalue weighted by molar-refractivity contribution is 0.0734. The first kappa shape index (κ1) is 17.2. The predicted octanol–water partition coefficient (Wildman–Crippen LogP) is 4.24. The third kappa shape index (κ3) is 3.81. The van der Waals surface area contributed by atoms with Gasteiger partial charge < -0.3 is 18.9 Å². The summed E-state index contributed by atoms with van der Waals surface area (Å²) in [4.78, 5) is 12.3. The molecule has 0 aliphatic rings. The summed E-state index contributed by atoms with van der Waals surface area (Å²) in [6.07, 6.45) is 0. The number of rotatable bonds is 5. The molecule has 0 amide bonds. The third-order valence-electron chi connectivity index (χ3n) is 3.00. The molecule has 0 bridgehead atoms. The van der Waals surface area contributed by atoms with Gasteiger partial charge >= 0.3 is 5.97 Å². The molecule has 0 radical (unpaired) electrons. The lowest BCUT2D eigenvalue weighted by atomic mass is 10.2. The summed E-state index contributed by atoms with van der Waals surface area (Å²) >= 11 is 11.7. The van der Waals surface area contributed by atoms with Crippen molar-refractivity contribution in [2.45, 2.75) is 0 Å². The van der Waals surface area contributed by atoms with Gasteiger partial charge in [-0.15, -0.1) is 0 Å². The monoisotopic (exact) mass is 356 g/mol. The Labute approximate surface area is 143 Å². The summed E-state index contributed by atoms with van der Waals surface area (Å²) in [5, 5.41) is 0.668. The van der Waals surface area contributed by atoms with Crippen molar-refractivity contribution >= 4 is 29.2 Å². The number of methoxy groups -OCH3 is 3. The van der Waals surface area contributed by atoms with Crippen molar-refractivity contribution < 1.29 is 23.7 Å². The van der Waals surface area contributed by atoms with Crippen molar-refractivity contribution in [2.24, 2.45) is 0 Å². The van der Waals surface area contributed by atoms with E-state index in [1.54, 1.807) is 12.1 Å². The number of carbonyl (C=O) groups is 1. The van der Waals surface area contributed by atoms with Crippen LogP contribution in [0.4, 0.5) is 0 Å². The van der Waals surface area contributed by atoms with Crippen LogP contribution in [0.25, 0.3) is 0 Å².